The zero-order chi connectivity index (χ0) is 15.7. The smallest absolute Gasteiger partial charge is 0.334 e. The Bertz CT molecular complexity index is 483. The van der Waals surface area contributed by atoms with Gasteiger partial charge in [0.15, 0.2) is 0 Å². The summed E-state index contributed by atoms with van der Waals surface area (Å²) in [4.78, 5) is 23.0. The van der Waals surface area contributed by atoms with Gasteiger partial charge in [0.25, 0.3) is 0 Å². The summed E-state index contributed by atoms with van der Waals surface area (Å²) in [6.07, 6.45) is -1.72. The van der Waals surface area contributed by atoms with Gasteiger partial charge in [-0.25, -0.2) is 4.79 Å². The number of aliphatic carboxylic acids is 1. The third-order valence-corrected chi connectivity index (χ3v) is 4.35. The van der Waals surface area contributed by atoms with E-state index in [0.717, 1.165) is 0 Å². The number of hydrogen-bond donors (Lipinski definition) is 3. The van der Waals surface area contributed by atoms with Crippen LogP contribution >= 0.6 is 0 Å². The van der Waals surface area contributed by atoms with Gasteiger partial charge in [-0.3, -0.25) is 4.79 Å². The Labute approximate surface area is 122 Å². The molecule has 0 aromatic rings. The van der Waals surface area contributed by atoms with E-state index in [0.29, 0.717) is 24.8 Å². The van der Waals surface area contributed by atoms with E-state index in [4.69, 9.17) is 4.74 Å². The van der Waals surface area contributed by atoms with Gasteiger partial charge in [-0.05, 0) is 31.3 Å². The van der Waals surface area contributed by atoms with Crippen LogP contribution in [0.5, 0.6) is 0 Å². The van der Waals surface area contributed by atoms with Crippen LogP contribution in [0.25, 0.3) is 0 Å². The molecule has 2 aliphatic rings. The molecule has 0 bridgehead atoms. The number of rotatable bonds is 1. The van der Waals surface area contributed by atoms with Crippen LogP contribution in [0.4, 0.5) is 0 Å². The maximum Gasteiger partial charge on any atom is 0.334 e. The maximum atomic E-state index is 11.7. The second-order valence-corrected chi connectivity index (χ2v) is 5.75. The molecule has 2 fully saturated rings. The average Bonchev–Trinajstić information content (AvgIpc) is 2.70. The van der Waals surface area contributed by atoms with Gasteiger partial charge in [-0.2, -0.15) is 0 Å². The molecule has 1 aliphatic heterocycles. The number of esters is 1. The van der Waals surface area contributed by atoms with Gasteiger partial charge in [0.1, 0.15) is 12.2 Å². The summed E-state index contributed by atoms with van der Waals surface area (Å²) in [5.41, 5.74) is 0.503. The van der Waals surface area contributed by atoms with Crippen molar-refractivity contribution in [2.45, 2.75) is 44.0 Å². The molecule has 6 heteroatoms. The largest absolute Gasteiger partial charge is 0.481 e. The van der Waals surface area contributed by atoms with Crippen molar-refractivity contribution in [1.29, 1.82) is 0 Å². The Kier molecular flexibility index (Phi) is 4.49. The molecule has 0 aromatic carbocycles. The van der Waals surface area contributed by atoms with Gasteiger partial charge in [-0.15, -0.1) is 0 Å². The maximum absolute atomic E-state index is 11.7. The third-order valence-electron chi connectivity index (χ3n) is 4.35. The minimum absolute atomic E-state index is 0.0732. The van der Waals surface area contributed by atoms with E-state index in [-0.39, 0.29) is 12.0 Å². The number of carboxylic acids is 1. The molecule has 1 aliphatic carbocycles. The zero-order valence-electron chi connectivity index (χ0n) is 11.7. The van der Waals surface area contributed by atoms with Crippen molar-refractivity contribution < 1.29 is 29.6 Å². The van der Waals surface area contributed by atoms with Crippen molar-refractivity contribution in [2.24, 2.45) is 11.8 Å². The van der Waals surface area contributed by atoms with E-state index in [1.165, 1.54) is 0 Å². The average molecular weight is 296 g/mol. The SMILES string of the molecule is C=C1C(=O)O[C@H]2CC(C(=O)O)CCCC(=C)[C@@H](O)[C@@H](O)[C@H]12. The van der Waals surface area contributed by atoms with Gasteiger partial charge in [-0.1, -0.05) is 13.2 Å². The fraction of sp³-hybridized carbons (Fsp3) is 0.600. The summed E-state index contributed by atoms with van der Waals surface area (Å²) in [6, 6.07) is 0. The normalized spacial score (nSPS) is 37.8. The van der Waals surface area contributed by atoms with Crippen molar-refractivity contribution in [3.8, 4) is 0 Å². The molecular weight excluding hydrogens is 276 g/mol. The Balaban J connectivity index is 2.31. The van der Waals surface area contributed by atoms with E-state index in [9.17, 15) is 24.9 Å². The number of aliphatic hydroxyl groups excluding tert-OH is 2. The Morgan fingerprint density at radius 1 is 1.29 bits per heavy atom. The second-order valence-electron chi connectivity index (χ2n) is 5.75. The molecule has 0 aromatic heterocycles. The molecule has 1 saturated heterocycles. The molecule has 116 valence electrons. The molecule has 0 spiro atoms. The fourth-order valence-corrected chi connectivity index (χ4v) is 3.05. The minimum atomic E-state index is -1.27. The number of hydrogen-bond acceptors (Lipinski definition) is 5. The molecule has 3 N–H and O–H groups in total. The first-order valence-corrected chi connectivity index (χ1v) is 6.99. The highest BCUT2D eigenvalue weighted by Crippen LogP contribution is 2.37. The van der Waals surface area contributed by atoms with Crippen molar-refractivity contribution in [2.75, 3.05) is 0 Å². The van der Waals surface area contributed by atoms with E-state index in [1.807, 2.05) is 0 Å². The Morgan fingerprint density at radius 3 is 2.57 bits per heavy atom. The predicted octanol–water partition coefficient (Wildman–Crippen LogP) is 0.637. The molecule has 1 saturated carbocycles. The Morgan fingerprint density at radius 2 is 1.95 bits per heavy atom. The summed E-state index contributed by atoms with van der Waals surface area (Å²) in [6.45, 7) is 7.34. The highest BCUT2D eigenvalue weighted by Gasteiger charge is 2.47. The van der Waals surface area contributed by atoms with Crippen LogP contribution in [0.2, 0.25) is 0 Å². The molecule has 2 rings (SSSR count). The van der Waals surface area contributed by atoms with Crippen LogP contribution in [0.1, 0.15) is 25.7 Å². The van der Waals surface area contributed by atoms with E-state index >= 15 is 0 Å². The molecule has 1 heterocycles. The number of aliphatic hydroxyl groups is 2. The molecule has 0 amide bonds. The van der Waals surface area contributed by atoms with Crippen molar-refractivity contribution in [3.63, 3.8) is 0 Å². The number of carbonyl (C=O) groups excluding carboxylic acids is 1. The first-order valence-electron chi connectivity index (χ1n) is 6.99. The first-order chi connectivity index (χ1) is 9.82. The van der Waals surface area contributed by atoms with Crippen molar-refractivity contribution in [3.05, 3.63) is 24.3 Å². The summed E-state index contributed by atoms with van der Waals surface area (Å²) in [7, 11) is 0. The molecule has 21 heavy (non-hydrogen) atoms. The van der Waals surface area contributed by atoms with Gasteiger partial charge in [0.05, 0.1) is 17.9 Å². The summed E-state index contributed by atoms with van der Waals surface area (Å²) in [5.74, 6) is -3.07. The number of ether oxygens (including phenoxy) is 1. The minimum Gasteiger partial charge on any atom is -0.481 e. The summed E-state index contributed by atoms with van der Waals surface area (Å²) >= 11 is 0. The van der Waals surface area contributed by atoms with Crippen LogP contribution in [-0.4, -0.2) is 45.6 Å². The first kappa shape index (κ1) is 15.7. The lowest BCUT2D eigenvalue weighted by atomic mass is 9.79. The van der Waals surface area contributed by atoms with Gasteiger partial charge in [0.2, 0.25) is 0 Å². The van der Waals surface area contributed by atoms with Gasteiger partial charge in [0, 0.05) is 5.57 Å². The van der Waals surface area contributed by atoms with Crippen molar-refractivity contribution in [1.82, 2.24) is 0 Å². The molecule has 1 unspecified atom stereocenters. The van der Waals surface area contributed by atoms with E-state index in [2.05, 4.69) is 13.2 Å². The van der Waals surface area contributed by atoms with Crippen LogP contribution in [0, 0.1) is 11.8 Å². The monoisotopic (exact) mass is 296 g/mol. The molecule has 5 atom stereocenters. The standard InChI is InChI=1S/C15H20O6/c1-7-4-3-5-9(14(18)19)6-10-11(13(17)12(7)16)8(2)15(20)21-10/h9-13,16-17H,1-6H2,(H,18,19)/t9?,10-,11+,12+,13-/m0/s1. The molecule has 0 radical (unpaired) electrons. The van der Waals surface area contributed by atoms with Gasteiger partial charge < -0.3 is 20.1 Å². The summed E-state index contributed by atoms with van der Waals surface area (Å²) in [5, 5.41) is 29.7. The number of carboxylic acid groups (broad SMARTS) is 1. The predicted molar refractivity (Wildman–Crippen MR) is 73.3 cm³/mol. The lowest BCUT2D eigenvalue weighted by Crippen LogP contribution is -2.41. The van der Waals surface area contributed by atoms with E-state index in [1.54, 1.807) is 0 Å². The van der Waals surface area contributed by atoms with E-state index < -0.39 is 42.1 Å². The lowest BCUT2D eigenvalue weighted by molar-refractivity contribution is -0.148. The molecular formula is C15H20O6. The van der Waals surface area contributed by atoms with Crippen LogP contribution < -0.4 is 0 Å². The Hall–Kier alpha value is -1.66. The molecule has 6 nitrogen and oxygen atoms in total. The van der Waals surface area contributed by atoms with Gasteiger partial charge >= 0.3 is 11.9 Å². The highest BCUT2D eigenvalue weighted by atomic mass is 16.6. The van der Waals surface area contributed by atoms with Crippen LogP contribution in [0.15, 0.2) is 24.3 Å². The summed E-state index contributed by atoms with van der Waals surface area (Å²) < 4.78 is 5.14. The number of fused-ring (bicyclic) bond motifs is 1. The lowest BCUT2D eigenvalue weighted by Gasteiger charge is -2.30. The van der Waals surface area contributed by atoms with Crippen molar-refractivity contribution >= 4 is 11.9 Å². The topological polar surface area (TPSA) is 104 Å². The fourth-order valence-electron chi connectivity index (χ4n) is 3.05. The zero-order valence-corrected chi connectivity index (χ0v) is 11.7. The van der Waals surface area contributed by atoms with Crippen LogP contribution in [0.3, 0.4) is 0 Å². The third kappa shape index (κ3) is 3.01. The highest BCUT2D eigenvalue weighted by molar-refractivity contribution is 5.91. The number of carbonyl (C=O) groups is 2. The van der Waals surface area contributed by atoms with Crippen LogP contribution in [-0.2, 0) is 14.3 Å². The second kappa shape index (κ2) is 5.99. The quantitative estimate of drug-likeness (QED) is 0.372.